The Morgan fingerprint density at radius 3 is 2.65 bits per heavy atom. The van der Waals surface area contributed by atoms with Crippen molar-refractivity contribution in [1.82, 2.24) is 10.8 Å². The van der Waals surface area contributed by atoms with E-state index in [-0.39, 0.29) is 29.5 Å². The van der Waals surface area contributed by atoms with E-state index >= 15 is 0 Å². The van der Waals surface area contributed by atoms with Crippen molar-refractivity contribution in [2.75, 3.05) is 20.2 Å². The first-order valence-corrected chi connectivity index (χ1v) is 11.3. The van der Waals surface area contributed by atoms with Crippen molar-refractivity contribution in [2.45, 2.75) is 28.8 Å². The number of rotatable bonds is 7. The molecule has 3 N–H and O–H groups in total. The Labute approximate surface area is 184 Å². The number of hydrogen-bond donors (Lipinski definition) is 3. The van der Waals surface area contributed by atoms with Crippen LogP contribution in [0.1, 0.15) is 12.0 Å². The summed E-state index contributed by atoms with van der Waals surface area (Å²) >= 11 is 5.98. The number of amides is 1. The molecule has 0 saturated carbocycles. The summed E-state index contributed by atoms with van der Waals surface area (Å²) in [5.74, 6) is -1.01. The van der Waals surface area contributed by atoms with Crippen molar-refractivity contribution >= 4 is 27.3 Å². The fourth-order valence-electron chi connectivity index (χ4n) is 3.57. The third kappa shape index (κ3) is 4.68. The van der Waals surface area contributed by atoms with Crippen molar-refractivity contribution in [3.63, 3.8) is 0 Å². The van der Waals surface area contributed by atoms with E-state index in [0.717, 1.165) is 0 Å². The second-order valence-electron chi connectivity index (χ2n) is 7.03. The minimum absolute atomic E-state index is 0.0151. The predicted molar refractivity (Wildman–Crippen MR) is 110 cm³/mol. The highest BCUT2D eigenvalue weighted by atomic mass is 35.5. The van der Waals surface area contributed by atoms with Gasteiger partial charge in [-0.3, -0.25) is 10.0 Å². The van der Waals surface area contributed by atoms with Gasteiger partial charge in [0.25, 0.3) is 5.91 Å². The van der Waals surface area contributed by atoms with Crippen LogP contribution in [0.2, 0.25) is 5.02 Å². The van der Waals surface area contributed by atoms with E-state index < -0.39 is 32.4 Å². The van der Waals surface area contributed by atoms with E-state index in [1.165, 1.54) is 55.1 Å². The molecule has 1 aliphatic rings. The third-order valence-electron chi connectivity index (χ3n) is 5.28. The summed E-state index contributed by atoms with van der Waals surface area (Å²) in [7, 11) is -2.76. The first kappa shape index (κ1) is 23.4. The van der Waals surface area contributed by atoms with E-state index in [1.54, 1.807) is 0 Å². The molecule has 2 aromatic rings. The highest BCUT2D eigenvalue weighted by Crippen LogP contribution is 2.32. The number of piperidine rings is 1. The molecule has 0 bridgehead atoms. The fourth-order valence-corrected chi connectivity index (χ4v) is 5.85. The lowest BCUT2D eigenvalue weighted by molar-refractivity contribution is -0.153. The summed E-state index contributed by atoms with van der Waals surface area (Å²) in [6.45, 7) is 0.371. The quantitative estimate of drug-likeness (QED) is 0.417. The number of hydroxylamine groups is 1. The van der Waals surface area contributed by atoms with Gasteiger partial charge in [-0.1, -0.05) is 17.7 Å². The highest BCUT2D eigenvalue weighted by Gasteiger charge is 2.54. The topological polar surface area (TPSA) is 114 Å². The van der Waals surface area contributed by atoms with Gasteiger partial charge in [-0.05, 0) is 49.4 Å². The van der Waals surface area contributed by atoms with Crippen LogP contribution in [0, 0.1) is 5.82 Å². The molecule has 1 fully saturated rings. The molecule has 1 saturated heterocycles. The Bertz CT molecular complexity index is 1050. The van der Waals surface area contributed by atoms with Gasteiger partial charge in [-0.15, -0.1) is 0 Å². The maximum atomic E-state index is 13.3. The molecule has 2 atom stereocenters. The van der Waals surface area contributed by atoms with E-state index in [4.69, 9.17) is 26.3 Å². The lowest BCUT2D eigenvalue weighted by Crippen LogP contribution is -2.66. The lowest BCUT2D eigenvalue weighted by Gasteiger charge is -2.40. The zero-order valence-electron chi connectivity index (χ0n) is 16.6. The van der Waals surface area contributed by atoms with Crippen LogP contribution < -0.4 is 15.5 Å². The van der Waals surface area contributed by atoms with Gasteiger partial charge in [-0.25, -0.2) is 18.3 Å². The Morgan fingerprint density at radius 2 is 2.03 bits per heavy atom. The summed E-state index contributed by atoms with van der Waals surface area (Å²) in [5, 5.41) is 11.1. The number of methoxy groups -OCH3 is 1. The van der Waals surface area contributed by atoms with Gasteiger partial charge < -0.3 is 14.8 Å². The highest BCUT2D eigenvalue weighted by molar-refractivity contribution is 7.92. The average Bonchev–Trinajstić information content (AvgIpc) is 2.78. The molecule has 8 nitrogen and oxygen atoms in total. The maximum Gasteiger partial charge on any atom is 0.278 e. The van der Waals surface area contributed by atoms with Crippen molar-refractivity contribution < 1.29 is 32.3 Å². The number of carbonyl (C=O) groups excluding carboxylic acids is 1. The zero-order valence-corrected chi connectivity index (χ0v) is 18.2. The van der Waals surface area contributed by atoms with E-state index in [1.807, 2.05) is 0 Å². The first-order chi connectivity index (χ1) is 14.7. The van der Waals surface area contributed by atoms with Crippen molar-refractivity contribution in [3.8, 4) is 5.75 Å². The molecule has 1 heterocycles. The number of sulfone groups is 1. The fraction of sp³-hybridized carbons (Fsp3) is 0.350. The van der Waals surface area contributed by atoms with Crippen LogP contribution >= 0.6 is 11.6 Å². The van der Waals surface area contributed by atoms with Gasteiger partial charge in [0.1, 0.15) is 23.4 Å². The number of carbonyl (C=O) groups is 1. The number of halogens is 2. The van der Waals surface area contributed by atoms with Crippen molar-refractivity contribution in [3.05, 3.63) is 58.9 Å². The van der Waals surface area contributed by atoms with Crippen molar-refractivity contribution in [2.24, 2.45) is 0 Å². The minimum atomic E-state index is -3.99. The molecule has 2 aromatic carbocycles. The Balaban J connectivity index is 1.80. The van der Waals surface area contributed by atoms with Crippen molar-refractivity contribution in [1.29, 1.82) is 0 Å². The molecule has 1 aliphatic heterocycles. The van der Waals surface area contributed by atoms with Gasteiger partial charge in [0.05, 0.1) is 9.92 Å². The number of hydrogen-bond acceptors (Lipinski definition) is 7. The van der Waals surface area contributed by atoms with Crippen LogP contribution in [-0.4, -0.2) is 50.6 Å². The summed E-state index contributed by atoms with van der Waals surface area (Å²) < 4.78 is 50.6. The van der Waals surface area contributed by atoms with E-state index in [2.05, 4.69) is 5.32 Å². The number of benzene rings is 2. The zero-order chi connectivity index (χ0) is 22.6. The van der Waals surface area contributed by atoms with Crippen LogP contribution in [0.4, 0.5) is 4.39 Å². The Morgan fingerprint density at radius 1 is 1.32 bits per heavy atom. The van der Waals surface area contributed by atoms with Crippen LogP contribution in [0.3, 0.4) is 0 Å². The van der Waals surface area contributed by atoms with Crippen LogP contribution in [0.15, 0.2) is 47.4 Å². The van der Waals surface area contributed by atoms with Crippen LogP contribution in [-0.2, 0) is 26.0 Å². The van der Waals surface area contributed by atoms with Gasteiger partial charge in [0, 0.05) is 19.2 Å². The molecule has 0 spiro atoms. The van der Waals surface area contributed by atoms with Gasteiger partial charge in [0.2, 0.25) is 0 Å². The molecule has 0 aromatic heterocycles. The molecule has 31 heavy (non-hydrogen) atoms. The normalized spacial score (nSPS) is 21.5. The summed E-state index contributed by atoms with van der Waals surface area (Å²) in [6.07, 6.45) is 0.116. The molecular weight excluding hydrogens is 451 g/mol. The monoisotopic (exact) mass is 472 g/mol. The molecule has 1 amide bonds. The molecule has 0 radical (unpaired) electrons. The van der Waals surface area contributed by atoms with E-state index in [9.17, 15) is 17.6 Å². The number of ether oxygens (including phenoxy) is 2. The summed E-state index contributed by atoms with van der Waals surface area (Å²) in [6, 6.07) is 9.65. The summed E-state index contributed by atoms with van der Waals surface area (Å²) in [5.41, 5.74) is 0.307. The van der Waals surface area contributed by atoms with Crippen LogP contribution in [0.5, 0.6) is 5.75 Å². The lowest BCUT2D eigenvalue weighted by atomic mass is 9.92. The predicted octanol–water partition coefficient (Wildman–Crippen LogP) is 2.08. The van der Waals surface area contributed by atoms with Gasteiger partial charge in [-0.2, -0.15) is 0 Å². The standard InChI is InChI=1S/C20H22ClFN2O6S/c1-29-20(19(25)24-26)12-23-9-8-18(20)31(27,28)16-6-4-15(5-7-16)30-11-13-2-3-14(22)10-17(13)21/h2-7,10,18,23,26H,8-9,11-12H2,1H3,(H,24,25). The molecule has 168 valence electrons. The maximum absolute atomic E-state index is 13.3. The van der Waals surface area contributed by atoms with Gasteiger partial charge >= 0.3 is 0 Å². The molecular formula is C20H22ClFN2O6S. The second kappa shape index (κ2) is 9.49. The number of nitrogens with one attached hydrogen (secondary N) is 2. The van der Waals surface area contributed by atoms with Crippen LogP contribution in [0.25, 0.3) is 0 Å². The minimum Gasteiger partial charge on any atom is -0.489 e. The molecule has 3 rings (SSSR count). The SMILES string of the molecule is COC1(C(=O)NO)CNCCC1S(=O)(=O)c1ccc(OCc2ccc(F)cc2Cl)cc1. The summed E-state index contributed by atoms with van der Waals surface area (Å²) in [4.78, 5) is 12.3. The smallest absolute Gasteiger partial charge is 0.278 e. The Hall–Kier alpha value is -2.24. The molecule has 11 heteroatoms. The second-order valence-corrected chi connectivity index (χ2v) is 9.57. The third-order valence-corrected chi connectivity index (χ3v) is 7.92. The largest absolute Gasteiger partial charge is 0.489 e. The van der Waals surface area contributed by atoms with E-state index in [0.29, 0.717) is 17.9 Å². The molecule has 0 aliphatic carbocycles. The molecule has 2 unspecified atom stereocenters. The van der Waals surface area contributed by atoms with Gasteiger partial charge in [0.15, 0.2) is 15.4 Å². The Kier molecular flexibility index (Phi) is 7.17. The average molecular weight is 473 g/mol. The first-order valence-electron chi connectivity index (χ1n) is 9.35.